The highest BCUT2D eigenvalue weighted by atomic mass is 16.4. The highest BCUT2D eigenvalue weighted by Gasteiger charge is 2.57. The summed E-state index contributed by atoms with van der Waals surface area (Å²) in [5.41, 5.74) is 0.794. The average molecular weight is 237 g/mol. The standard InChI is InChI=1S/C12H15NO4/c1-5-4-6(2)10-9(12(16)17)8(5)11(15)13(10)7(3)14/h4-5,8-10H,1-3H3,(H,16,17). The molecule has 0 saturated carbocycles. The molecular weight excluding hydrogens is 222 g/mol. The van der Waals surface area contributed by atoms with Gasteiger partial charge in [0, 0.05) is 6.92 Å². The second-order valence-electron chi connectivity index (χ2n) is 4.83. The SMILES string of the molecule is CC(=O)N1C(=O)C2C(C)C=C(C)C1C2C(=O)O. The molecule has 1 aliphatic heterocycles. The Bertz CT molecular complexity index is 440. The molecule has 0 radical (unpaired) electrons. The molecule has 1 saturated heterocycles. The predicted molar refractivity (Wildman–Crippen MR) is 58.9 cm³/mol. The van der Waals surface area contributed by atoms with Crippen LogP contribution in [0, 0.1) is 17.8 Å². The van der Waals surface area contributed by atoms with E-state index in [1.165, 1.54) is 6.92 Å². The minimum Gasteiger partial charge on any atom is -0.481 e. The molecule has 2 amide bonds. The maximum atomic E-state index is 12.1. The fourth-order valence-corrected chi connectivity index (χ4v) is 3.10. The third-order valence-corrected chi connectivity index (χ3v) is 3.71. The van der Waals surface area contributed by atoms with Crippen molar-refractivity contribution in [3.05, 3.63) is 11.6 Å². The highest BCUT2D eigenvalue weighted by molar-refractivity contribution is 6.02. The maximum absolute atomic E-state index is 12.1. The second-order valence-corrected chi connectivity index (χ2v) is 4.83. The Balaban J connectivity index is 2.54. The van der Waals surface area contributed by atoms with Crippen LogP contribution in [0.5, 0.6) is 0 Å². The van der Waals surface area contributed by atoms with Crippen LogP contribution in [0.3, 0.4) is 0 Å². The van der Waals surface area contributed by atoms with Crippen LogP contribution in [-0.2, 0) is 14.4 Å². The molecule has 5 heteroatoms. The van der Waals surface area contributed by atoms with Gasteiger partial charge in [0.05, 0.1) is 17.9 Å². The lowest BCUT2D eigenvalue weighted by molar-refractivity contribution is -0.145. The van der Waals surface area contributed by atoms with E-state index in [1.54, 1.807) is 6.92 Å². The summed E-state index contributed by atoms with van der Waals surface area (Å²) in [6.45, 7) is 4.90. The lowest BCUT2D eigenvalue weighted by Gasteiger charge is -2.29. The number of rotatable bonds is 1. The lowest BCUT2D eigenvalue weighted by Crippen LogP contribution is -2.41. The first-order valence-electron chi connectivity index (χ1n) is 5.61. The fourth-order valence-electron chi connectivity index (χ4n) is 3.10. The van der Waals surface area contributed by atoms with Gasteiger partial charge >= 0.3 is 5.97 Å². The normalized spacial score (nSPS) is 35.8. The summed E-state index contributed by atoms with van der Waals surface area (Å²) in [7, 11) is 0. The summed E-state index contributed by atoms with van der Waals surface area (Å²) in [6.07, 6.45) is 1.90. The molecule has 0 aromatic heterocycles. The molecule has 0 aromatic rings. The van der Waals surface area contributed by atoms with Crippen LogP contribution >= 0.6 is 0 Å². The Labute approximate surface area is 99.1 Å². The number of likely N-dealkylation sites (tertiary alicyclic amines) is 1. The van der Waals surface area contributed by atoms with Crippen LogP contribution in [0.4, 0.5) is 0 Å². The van der Waals surface area contributed by atoms with Gasteiger partial charge in [-0.1, -0.05) is 18.6 Å². The van der Waals surface area contributed by atoms with Crippen molar-refractivity contribution in [1.82, 2.24) is 4.90 Å². The molecule has 2 aliphatic rings. The summed E-state index contributed by atoms with van der Waals surface area (Å²) in [5, 5.41) is 9.25. The van der Waals surface area contributed by atoms with Gasteiger partial charge in [-0.25, -0.2) is 0 Å². The molecule has 5 nitrogen and oxygen atoms in total. The van der Waals surface area contributed by atoms with E-state index >= 15 is 0 Å². The molecule has 4 atom stereocenters. The van der Waals surface area contributed by atoms with Crippen molar-refractivity contribution >= 4 is 17.8 Å². The first kappa shape index (κ1) is 11.8. The molecule has 0 spiro atoms. The number of hydrogen-bond donors (Lipinski definition) is 1. The van der Waals surface area contributed by atoms with Crippen molar-refractivity contribution in [3.63, 3.8) is 0 Å². The van der Waals surface area contributed by atoms with E-state index in [0.717, 1.165) is 10.5 Å². The van der Waals surface area contributed by atoms with Crippen LogP contribution in [-0.4, -0.2) is 33.8 Å². The number of aliphatic carboxylic acids is 1. The van der Waals surface area contributed by atoms with E-state index in [1.807, 2.05) is 13.0 Å². The average Bonchev–Trinajstić information content (AvgIpc) is 2.46. The van der Waals surface area contributed by atoms with Gasteiger partial charge in [0.25, 0.3) is 0 Å². The fraction of sp³-hybridized carbons (Fsp3) is 0.583. The zero-order valence-corrected chi connectivity index (χ0v) is 10.0. The van der Waals surface area contributed by atoms with Crippen molar-refractivity contribution in [3.8, 4) is 0 Å². The number of carbonyl (C=O) groups is 3. The van der Waals surface area contributed by atoms with Crippen LogP contribution in [0.2, 0.25) is 0 Å². The second kappa shape index (κ2) is 3.68. The number of nitrogens with zero attached hydrogens (tertiary/aromatic N) is 1. The zero-order valence-electron chi connectivity index (χ0n) is 10.0. The molecule has 4 unspecified atom stereocenters. The maximum Gasteiger partial charge on any atom is 0.309 e. The Morgan fingerprint density at radius 3 is 2.47 bits per heavy atom. The van der Waals surface area contributed by atoms with Gasteiger partial charge in [-0.2, -0.15) is 0 Å². The number of carbonyl (C=O) groups excluding carboxylic acids is 2. The first-order valence-corrected chi connectivity index (χ1v) is 5.61. The topological polar surface area (TPSA) is 74.7 Å². The van der Waals surface area contributed by atoms with Crippen LogP contribution in [0.15, 0.2) is 11.6 Å². The molecular formula is C12H15NO4. The smallest absolute Gasteiger partial charge is 0.309 e. The third kappa shape index (κ3) is 1.49. The number of amides is 2. The van der Waals surface area contributed by atoms with Crippen molar-refractivity contribution in [1.29, 1.82) is 0 Å². The van der Waals surface area contributed by atoms with E-state index < -0.39 is 23.8 Å². The van der Waals surface area contributed by atoms with Crippen LogP contribution in [0.1, 0.15) is 20.8 Å². The summed E-state index contributed by atoms with van der Waals surface area (Å²) < 4.78 is 0. The molecule has 2 rings (SSSR count). The monoisotopic (exact) mass is 237 g/mol. The summed E-state index contributed by atoms with van der Waals surface area (Å²) in [4.78, 5) is 36.0. The van der Waals surface area contributed by atoms with E-state index in [9.17, 15) is 19.5 Å². The Morgan fingerprint density at radius 1 is 1.41 bits per heavy atom. The minimum atomic E-state index is -1.00. The number of carboxylic acids is 1. The van der Waals surface area contributed by atoms with Crippen LogP contribution < -0.4 is 0 Å². The van der Waals surface area contributed by atoms with Crippen molar-refractivity contribution in [2.75, 3.05) is 0 Å². The first-order chi connectivity index (χ1) is 7.86. The number of fused-ring (bicyclic) bond motifs is 2. The predicted octanol–water partition coefficient (Wildman–Crippen LogP) is 0.657. The number of allylic oxidation sites excluding steroid dienone is 1. The van der Waals surface area contributed by atoms with Gasteiger partial charge in [0.15, 0.2) is 0 Å². The summed E-state index contributed by atoms with van der Waals surface area (Å²) in [5.74, 6) is -3.27. The van der Waals surface area contributed by atoms with E-state index in [2.05, 4.69) is 0 Å². The quantitative estimate of drug-likeness (QED) is 0.680. The molecule has 1 heterocycles. The molecule has 92 valence electrons. The number of imide groups is 1. The molecule has 1 fully saturated rings. The van der Waals surface area contributed by atoms with Gasteiger partial charge in [0.2, 0.25) is 11.8 Å². The van der Waals surface area contributed by atoms with Gasteiger partial charge in [0.1, 0.15) is 0 Å². The molecule has 1 aliphatic carbocycles. The Hall–Kier alpha value is -1.65. The van der Waals surface area contributed by atoms with Gasteiger partial charge in [-0.15, -0.1) is 0 Å². The lowest BCUT2D eigenvalue weighted by atomic mass is 9.74. The van der Waals surface area contributed by atoms with E-state index in [-0.39, 0.29) is 17.7 Å². The number of carboxylic acid groups (broad SMARTS) is 1. The van der Waals surface area contributed by atoms with Crippen LogP contribution in [0.25, 0.3) is 0 Å². The Kier molecular flexibility index (Phi) is 2.56. The highest BCUT2D eigenvalue weighted by Crippen LogP contribution is 2.44. The van der Waals surface area contributed by atoms with Gasteiger partial charge < -0.3 is 5.11 Å². The van der Waals surface area contributed by atoms with Crippen molar-refractivity contribution in [2.45, 2.75) is 26.8 Å². The van der Waals surface area contributed by atoms with Crippen molar-refractivity contribution < 1.29 is 19.5 Å². The number of hydrogen-bond acceptors (Lipinski definition) is 3. The summed E-state index contributed by atoms with van der Waals surface area (Å²) >= 11 is 0. The minimum absolute atomic E-state index is 0.135. The van der Waals surface area contributed by atoms with E-state index in [0.29, 0.717) is 0 Å². The van der Waals surface area contributed by atoms with E-state index in [4.69, 9.17) is 0 Å². The molecule has 17 heavy (non-hydrogen) atoms. The van der Waals surface area contributed by atoms with Crippen molar-refractivity contribution in [2.24, 2.45) is 17.8 Å². The van der Waals surface area contributed by atoms with Gasteiger partial charge in [-0.05, 0) is 12.8 Å². The molecule has 0 aromatic carbocycles. The summed E-state index contributed by atoms with van der Waals surface area (Å²) in [6, 6.07) is -0.598. The molecule has 1 N–H and O–H groups in total. The third-order valence-electron chi connectivity index (χ3n) is 3.71. The molecule has 2 bridgehead atoms. The Morgan fingerprint density at radius 2 is 2.00 bits per heavy atom. The van der Waals surface area contributed by atoms with Gasteiger partial charge in [-0.3, -0.25) is 19.3 Å². The largest absolute Gasteiger partial charge is 0.481 e. The zero-order chi connectivity index (χ0) is 12.9.